The molecule has 2 nitrogen and oxygen atoms in total. The molecule has 0 atom stereocenters. The van der Waals surface area contributed by atoms with Gasteiger partial charge in [-0.3, -0.25) is 4.79 Å². The van der Waals surface area contributed by atoms with E-state index in [1.165, 1.54) is 0 Å². The molecule has 0 aromatic carbocycles. The number of ether oxygens (including phenoxy) is 1. The van der Waals surface area contributed by atoms with Crippen LogP contribution in [-0.4, -0.2) is 41.6 Å². The molecule has 9 heavy (non-hydrogen) atoms. The van der Waals surface area contributed by atoms with Gasteiger partial charge in [-0.15, -0.1) is 0 Å². The average Bonchev–Trinajstić information content (AvgIpc) is 2.50. The van der Waals surface area contributed by atoms with E-state index in [4.69, 9.17) is 4.74 Å². The van der Waals surface area contributed by atoms with Gasteiger partial charge in [-0.2, -0.15) is 0 Å². The van der Waals surface area contributed by atoms with Crippen LogP contribution >= 0.6 is 0 Å². The van der Waals surface area contributed by atoms with Crippen LogP contribution in [-0.2, 0) is 9.53 Å². The number of carbonyl (C=O) groups is 1. The van der Waals surface area contributed by atoms with Gasteiger partial charge in [0.25, 0.3) is 0 Å². The van der Waals surface area contributed by atoms with Crippen molar-refractivity contribution in [3.05, 3.63) is 0 Å². The topological polar surface area (TPSA) is 26.3 Å². The average molecular weight is 138 g/mol. The molecule has 1 aliphatic rings. The number of rotatable bonds is 2. The van der Waals surface area contributed by atoms with Crippen LogP contribution in [0.5, 0.6) is 0 Å². The van der Waals surface area contributed by atoms with Gasteiger partial charge in [-0.05, 0) is 12.8 Å². The molecular weight excluding hydrogens is 127 g/mol. The van der Waals surface area contributed by atoms with Crippen molar-refractivity contribution in [1.82, 2.24) is 0 Å². The van der Waals surface area contributed by atoms with Gasteiger partial charge in [0.1, 0.15) is 6.10 Å². The zero-order valence-corrected chi connectivity index (χ0v) is 5.02. The van der Waals surface area contributed by atoms with E-state index >= 15 is 0 Å². The zero-order valence-electron chi connectivity index (χ0n) is 5.02. The van der Waals surface area contributed by atoms with E-state index in [1.54, 1.807) is 0 Å². The van der Waals surface area contributed by atoms with Crippen LogP contribution in [0.4, 0.5) is 0 Å². The molecule has 0 heterocycles. The Balaban J connectivity index is 0.000000640. The van der Waals surface area contributed by atoms with E-state index in [2.05, 4.69) is 0 Å². The SMILES string of the molecule is CCC(=O)OC1CC1.[NaH]. The Morgan fingerprint density at radius 3 is 2.56 bits per heavy atom. The van der Waals surface area contributed by atoms with E-state index in [9.17, 15) is 4.79 Å². The molecule has 0 radical (unpaired) electrons. The number of carbonyl (C=O) groups excluding carboxylic acids is 1. The standard InChI is InChI=1S/C6H10O2.Na.H/c1-2-6(7)8-5-3-4-5;;/h5H,2-4H2,1H3;;. The first kappa shape index (κ1) is 9.47. The minimum absolute atomic E-state index is 0. The van der Waals surface area contributed by atoms with Crippen LogP contribution in [0.3, 0.4) is 0 Å². The first-order valence-electron chi connectivity index (χ1n) is 3.02. The van der Waals surface area contributed by atoms with Gasteiger partial charge >= 0.3 is 35.5 Å². The number of hydrogen-bond donors (Lipinski definition) is 0. The Morgan fingerprint density at radius 2 is 2.22 bits per heavy atom. The summed E-state index contributed by atoms with van der Waals surface area (Å²) in [5.41, 5.74) is 0. The first-order valence-corrected chi connectivity index (χ1v) is 3.02. The molecule has 0 aromatic rings. The molecule has 1 aliphatic carbocycles. The fourth-order valence-electron chi connectivity index (χ4n) is 0.455. The molecule has 0 spiro atoms. The van der Waals surface area contributed by atoms with Crippen molar-refractivity contribution in [3.63, 3.8) is 0 Å². The monoisotopic (exact) mass is 138 g/mol. The molecule has 48 valence electrons. The third kappa shape index (κ3) is 3.95. The molecule has 1 fully saturated rings. The molecule has 0 N–H and O–H groups in total. The van der Waals surface area contributed by atoms with Gasteiger partial charge in [-0.1, -0.05) is 6.92 Å². The van der Waals surface area contributed by atoms with Gasteiger partial charge < -0.3 is 4.74 Å². The quantitative estimate of drug-likeness (QED) is 0.409. The van der Waals surface area contributed by atoms with Crippen molar-refractivity contribution in [2.24, 2.45) is 0 Å². The third-order valence-electron chi connectivity index (χ3n) is 1.11. The molecule has 1 saturated carbocycles. The number of hydrogen-bond acceptors (Lipinski definition) is 2. The first-order chi connectivity index (χ1) is 3.83. The Labute approximate surface area is 77.2 Å². The molecule has 0 bridgehead atoms. The fourth-order valence-corrected chi connectivity index (χ4v) is 0.455. The van der Waals surface area contributed by atoms with Gasteiger partial charge in [-0.25, -0.2) is 0 Å². The predicted octanol–water partition coefficient (Wildman–Crippen LogP) is 0.453. The summed E-state index contributed by atoms with van der Waals surface area (Å²) >= 11 is 0. The summed E-state index contributed by atoms with van der Waals surface area (Å²) in [6.07, 6.45) is 2.94. The summed E-state index contributed by atoms with van der Waals surface area (Å²) < 4.78 is 4.87. The van der Waals surface area contributed by atoms with Gasteiger partial charge in [0.15, 0.2) is 0 Å². The Bertz CT molecular complexity index is 99.2. The van der Waals surface area contributed by atoms with Crippen LogP contribution in [0.25, 0.3) is 0 Å². The third-order valence-corrected chi connectivity index (χ3v) is 1.11. The molecule has 1 rings (SSSR count). The van der Waals surface area contributed by atoms with Crippen molar-refractivity contribution < 1.29 is 9.53 Å². The van der Waals surface area contributed by atoms with E-state index in [0.717, 1.165) is 12.8 Å². The zero-order chi connectivity index (χ0) is 5.98. The second kappa shape index (κ2) is 4.31. The summed E-state index contributed by atoms with van der Waals surface area (Å²) in [6, 6.07) is 0. The molecule has 0 aliphatic heterocycles. The summed E-state index contributed by atoms with van der Waals surface area (Å²) in [4.78, 5) is 10.4. The molecular formula is C6H11NaO2. The van der Waals surface area contributed by atoms with Crippen molar-refractivity contribution >= 4 is 35.5 Å². The van der Waals surface area contributed by atoms with Crippen LogP contribution in [0.1, 0.15) is 26.2 Å². The van der Waals surface area contributed by atoms with Gasteiger partial charge in [0.05, 0.1) is 0 Å². The molecule has 3 heteroatoms. The molecule has 0 unspecified atom stereocenters. The van der Waals surface area contributed by atoms with Crippen molar-refractivity contribution in [2.75, 3.05) is 0 Å². The van der Waals surface area contributed by atoms with Crippen LogP contribution in [0, 0.1) is 0 Å². The van der Waals surface area contributed by atoms with E-state index in [0.29, 0.717) is 6.42 Å². The van der Waals surface area contributed by atoms with Crippen molar-refractivity contribution in [2.45, 2.75) is 32.3 Å². The predicted molar refractivity (Wildman–Crippen MR) is 36.6 cm³/mol. The van der Waals surface area contributed by atoms with Crippen molar-refractivity contribution in [3.8, 4) is 0 Å². The second-order valence-corrected chi connectivity index (χ2v) is 2.04. The normalized spacial score (nSPS) is 16.1. The Morgan fingerprint density at radius 1 is 1.67 bits per heavy atom. The summed E-state index contributed by atoms with van der Waals surface area (Å²) in [7, 11) is 0. The van der Waals surface area contributed by atoms with Crippen LogP contribution < -0.4 is 0 Å². The maximum atomic E-state index is 10.4. The van der Waals surface area contributed by atoms with Crippen LogP contribution in [0.15, 0.2) is 0 Å². The second-order valence-electron chi connectivity index (χ2n) is 2.04. The Hall–Kier alpha value is 0.470. The van der Waals surface area contributed by atoms with E-state index < -0.39 is 0 Å². The maximum absolute atomic E-state index is 10.4. The number of esters is 1. The summed E-state index contributed by atoms with van der Waals surface area (Å²) in [6.45, 7) is 1.81. The van der Waals surface area contributed by atoms with E-state index in [-0.39, 0.29) is 41.6 Å². The van der Waals surface area contributed by atoms with Crippen LogP contribution in [0.2, 0.25) is 0 Å². The van der Waals surface area contributed by atoms with Gasteiger partial charge in [0.2, 0.25) is 0 Å². The van der Waals surface area contributed by atoms with Crippen molar-refractivity contribution in [1.29, 1.82) is 0 Å². The van der Waals surface area contributed by atoms with Gasteiger partial charge in [0, 0.05) is 6.42 Å². The molecule has 0 amide bonds. The summed E-state index contributed by atoms with van der Waals surface area (Å²) in [5.74, 6) is -0.0625. The summed E-state index contributed by atoms with van der Waals surface area (Å²) in [5, 5.41) is 0. The molecule has 0 saturated heterocycles. The minimum atomic E-state index is -0.0625. The fraction of sp³-hybridized carbons (Fsp3) is 0.833. The molecule has 0 aromatic heterocycles. The van der Waals surface area contributed by atoms with E-state index in [1.807, 2.05) is 6.92 Å². The Kier molecular flexibility index (Phi) is 4.54.